The van der Waals surface area contributed by atoms with E-state index in [1.165, 1.54) is 11.3 Å². The number of anilines is 1. The van der Waals surface area contributed by atoms with Crippen LogP contribution >= 0.6 is 11.3 Å². The van der Waals surface area contributed by atoms with Crippen LogP contribution in [0, 0.1) is 6.92 Å². The van der Waals surface area contributed by atoms with E-state index in [1.807, 2.05) is 47.4 Å². The maximum Gasteiger partial charge on any atom is 0.357 e. The molecule has 0 radical (unpaired) electrons. The average Bonchev–Trinajstić information content (AvgIpc) is 3.58. The molecular formula is C26H31N5O6S2. The lowest BCUT2D eigenvalue weighted by molar-refractivity contribution is -0.123. The molecule has 0 aliphatic carbocycles. The highest BCUT2D eigenvalue weighted by atomic mass is 32.2. The molecule has 1 unspecified atom stereocenters. The van der Waals surface area contributed by atoms with Crippen LogP contribution < -0.4 is 10.0 Å². The van der Waals surface area contributed by atoms with Gasteiger partial charge in [-0.25, -0.2) is 4.98 Å². The fourth-order valence-corrected chi connectivity index (χ4v) is 5.19. The number of benzene rings is 2. The van der Waals surface area contributed by atoms with Crippen molar-refractivity contribution < 1.29 is 27.4 Å². The van der Waals surface area contributed by atoms with Gasteiger partial charge in [0, 0.05) is 12.5 Å². The highest BCUT2D eigenvalue weighted by molar-refractivity contribution is 7.87. The third kappa shape index (κ3) is 8.96. The van der Waals surface area contributed by atoms with Crippen molar-refractivity contribution in [1.29, 1.82) is 0 Å². The molecule has 0 fully saturated rings. The summed E-state index contributed by atoms with van der Waals surface area (Å²) in [5, 5.41) is 16.7. The first-order valence-electron chi connectivity index (χ1n) is 12.1. The number of carbonyl (C=O) groups is 1. The Morgan fingerprint density at radius 3 is 2.26 bits per heavy atom. The van der Waals surface area contributed by atoms with Crippen LogP contribution in [0.3, 0.4) is 0 Å². The van der Waals surface area contributed by atoms with Gasteiger partial charge in [-0.2, -0.15) is 13.4 Å². The summed E-state index contributed by atoms with van der Waals surface area (Å²) in [7, 11) is -3.37. The summed E-state index contributed by atoms with van der Waals surface area (Å²) in [5.41, 5.74) is 2.96. The molecule has 4 N–H and O–H groups in total. The monoisotopic (exact) mass is 573 g/mol. The molecule has 0 aliphatic heterocycles. The third-order valence-corrected chi connectivity index (χ3v) is 7.13. The topological polar surface area (TPSA) is 168 Å². The number of aliphatic hydroxyl groups is 1. The highest BCUT2D eigenvalue weighted by Gasteiger charge is 2.30. The van der Waals surface area contributed by atoms with Gasteiger partial charge in [0.2, 0.25) is 11.8 Å². The average molecular weight is 574 g/mol. The van der Waals surface area contributed by atoms with Crippen molar-refractivity contribution in [3.8, 4) is 0 Å². The quantitative estimate of drug-likeness (QED) is 0.196. The Hall–Kier alpha value is -3.65. The van der Waals surface area contributed by atoms with Crippen molar-refractivity contribution in [2.75, 3.05) is 11.8 Å². The van der Waals surface area contributed by atoms with E-state index in [0.29, 0.717) is 18.7 Å². The molecule has 0 spiro atoms. The predicted molar refractivity (Wildman–Crippen MR) is 148 cm³/mol. The van der Waals surface area contributed by atoms with E-state index < -0.39 is 22.3 Å². The minimum Gasteiger partial charge on any atom is -0.400 e. The molecule has 2 atom stereocenters. The lowest BCUT2D eigenvalue weighted by Gasteiger charge is -2.20. The summed E-state index contributed by atoms with van der Waals surface area (Å²) in [6, 6.07) is 15.7. The van der Waals surface area contributed by atoms with Crippen LogP contribution in [0.1, 0.15) is 52.4 Å². The molecule has 0 saturated heterocycles. The Labute approximate surface area is 231 Å². The number of aliphatic hydroxyl groups excluding tert-OH is 1. The SMILES string of the molecule is CCc1csc([C@H](Cc2ccc(NS(=O)(=O)O)cc2)NC(=O)C(Cc2ccccc2)c2nc(C)no2)n1.CO. The number of nitrogens with one attached hydrogen (secondary N) is 2. The minimum absolute atomic E-state index is 0.226. The summed E-state index contributed by atoms with van der Waals surface area (Å²) in [4.78, 5) is 22.7. The van der Waals surface area contributed by atoms with Crippen LogP contribution in [0.25, 0.3) is 0 Å². The second kappa shape index (κ2) is 13.9. The smallest absolute Gasteiger partial charge is 0.357 e. The number of rotatable bonds is 11. The molecule has 2 aromatic heterocycles. The standard InChI is InChI=1S/C25H27N5O5S2.CH4O/c1-3-19-15-36-25(27-19)22(14-18-9-11-20(12-10-18)30-37(32,33)34)28-23(31)21(24-26-16(2)29-35-24)13-17-7-5-4-6-8-17;1-2/h4-12,15,21-22,30H,3,13-14H2,1-2H3,(H,28,31)(H,32,33,34);2H,1H3/t21?,22-;/m0./s1. The lowest BCUT2D eigenvalue weighted by Crippen LogP contribution is -2.35. The zero-order valence-corrected chi connectivity index (χ0v) is 23.4. The van der Waals surface area contributed by atoms with Crippen molar-refractivity contribution in [1.82, 2.24) is 20.4 Å². The second-order valence-corrected chi connectivity index (χ2v) is 10.5. The first kappa shape index (κ1) is 29.9. The highest BCUT2D eigenvalue weighted by Crippen LogP contribution is 2.27. The molecular weight excluding hydrogens is 542 g/mol. The molecule has 0 bridgehead atoms. The Balaban J connectivity index is 0.00000205. The second-order valence-electron chi connectivity index (χ2n) is 8.49. The number of thiazole rings is 1. The maximum absolute atomic E-state index is 13.7. The summed E-state index contributed by atoms with van der Waals surface area (Å²) in [6.45, 7) is 3.72. The van der Waals surface area contributed by atoms with Gasteiger partial charge in [0.25, 0.3) is 0 Å². The number of hydrogen-bond donors (Lipinski definition) is 4. The number of aromatic nitrogens is 3. The van der Waals surface area contributed by atoms with Gasteiger partial charge >= 0.3 is 10.3 Å². The minimum atomic E-state index is -4.37. The molecule has 13 heteroatoms. The van der Waals surface area contributed by atoms with Crippen molar-refractivity contribution >= 4 is 33.2 Å². The normalized spacial score (nSPS) is 12.6. The molecule has 0 saturated carbocycles. The van der Waals surface area contributed by atoms with E-state index in [0.717, 1.165) is 35.4 Å². The number of carbonyl (C=O) groups excluding carboxylic acids is 1. The van der Waals surface area contributed by atoms with Gasteiger partial charge in [-0.05, 0) is 49.4 Å². The molecule has 11 nitrogen and oxygen atoms in total. The molecule has 4 aromatic rings. The van der Waals surface area contributed by atoms with E-state index in [1.54, 1.807) is 31.2 Å². The summed E-state index contributed by atoms with van der Waals surface area (Å²) < 4.78 is 38.6. The van der Waals surface area contributed by atoms with Gasteiger partial charge < -0.3 is 14.9 Å². The van der Waals surface area contributed by atoms with Crippen LogP contribution in [0.2, 0.25) is 0 Å². The van der Waals surface area contributed by atoms with E-state index in [4.69, 9.17) is 19.2 Å². The van der Waals surface area contributed by atoms with Gasteiger partial charge in [0.1, 0.15) is 10.9 Å². The molecule has 2 aromatic carbocycles. The maximum atomic E-state index is 13.7. The molecule has 39 heavy (non-hydrogen) atoms. The Morgan fingerprint density at radius 1 is 1.03 bits per heavy atom. The first-order valence-corrected chi connectivity index (χ1v) is 14.4. The third-order valence-electron chi connectivity index (χ3n) is 5.63. The van der Waals surface area contributed by atoms with Crippen LogP contribution in [0.5, 0.6) is 0 Å². The van der Waals surface area contributed by atoms with Crippen LogP contribution in [-0.4, -0.2) is 46.2 Å². The van der Waals surface area contributed by atoms with Gasteiger partial charge in [-0.15, -0.1) is 11.3 Å². The number of nitrogens with zero attached hydrogens (tertiary/aromatic N) is 3. The fraction of sp³-hybridized carbons (Fsp3) is 0.308. The molecule has 208 valence electrons. The van der Waals surface area contributed by atoms with E-state index in [9.17, 15) is 13.2 Å². The molecule has 2 heterocycles. The first-order chi connectivity index (χ1) is 18.7. The van der Waals surface area contributed by atoms with Gasteiger partial charge in [0.05, 0.1) is 17.4 Å². The Morgan fingerprint density at radius 2 is 1.69 bits per heavy atom. The van der Waals surface area contributed by atoms with Crippen molar-refractivity contribution in [3.05, 3.63) is 93.5 Å². The zero-order valence-electron chi connectivity index (χ0n) is 21.7. The predicted octanol–water partition coefficient (Wildman–Crippen LogP) is 3.65. The summed E-state index contributed by atoms with van der Waals surface area (Å²) >= 11 is 1.47. The Bertz CT molecular complexity index is 1440. The van der Waals surface area contributed by atoms with Crippen LogP contribution in [0.15, 0.2) is 64.5 Å². The van der Waals surface area contributed by atoms with Gasteiger partial charge in [-0.3, -0.25) is 14.1 Å². The van der Waals surface area contributed by atoms with Gasteiger partial charge in [0.15, 0.2) is 5.82 Å². The van der Waals surface area contributed by atoms with Crippen molar-refractivity contribution in [2.45, 2.75) is 45.1 Å². The summed E-state index contributed by atoms with van der Waals surface area (Å²) in [5.74, 6) is -0.274. The zero-order chi connectivity index (χ0) is 28.4. The number of hydrogen-bond acceptors (Lipinski definition) is 9. The van der Waals surface area contributed by atoms with Crippen molar-refractivity contribution in [3.63, 3.8) is 0 Å². The van der Waals surface area contributed by atoms with Gasteiger partial charge in [-0.1, -0.05) is 54.5 Å². The molecule has 0 aliphatic rings. The number of amides is 1. The summed E-state index contributed by atoms with van der Waals surface area (Å²) in [6.07, 6.45) is 1.57. The van der Waals surface area contributed by atoms with Crippen molar-refractivity contribution in [2.24, 2.45) is 0 Å². The van der Waals surface area contributed by atoms with E-state index in [-0.39, 0.29) is 17.5 Å². The van der Waals surface area contributed by atoms with E-state index in [2.05, 4.69) is 15.5 Å². The number of aryl methyl sites for hydroxylation is 2. The fourth-order valence-electron chi connectivity index (χ4n) is 3.81. The van der Waals surface area contributed by atoms with Crippen LogP contribution in [-0.2, 0) is 34.4 Å². The largest absolute Gasteiger partial charge is 0.400 e. The Kier molecular flexibility index (Phi) is 10.7. The van der Waals surface area contributed by atoms with E-state index >= 15 is 0 Å². The molecule has 4 rings (SSSR count). The van der Waals surface area contributed by atoms with Crippen LogP contribution in [0.4, 0.5) is 5.69 Å². The molecule has 1 amide bonds. The lowest BCUT2D eigenvalue weighted by atomic mass is 9.97.